The maximum Gasteiger partial charge on any atom is 0.322 e. The summed E-state index contributed by atoms with van der Waals surface area (Å²) in [6, 6.07) is 19.3. The van der Waals surface area contributed by atoms with Crippen LogP contribution in [-0.2, 0) is 22.7 Å². The van der Waals surface area contributed by atoms with Crippen LogP contribution < -0.4 is 20.4 Å². The van der Waals surface area contributed by atoms with Crippen LogP contribution in [0, 0.1) is 5.82 Å². The van der Waals surface area contributed by atoms with E-state index >= 15 is 0 Å². The van der Waals surface area contributed by atoms with E-state index in [2.05, 4.69) is 10.6 Å². The molecule has 2 N–H and O–H groups in total. The number of carbonyl (C=O) groups excluding carboxylic acids is 3. The highest BCUT2D eigenvalue weighted by atomic mass is 35.5. The van der Waals surface area contributed by atoms with E-state index in [9.17, 15) is 18.8 Å². The number of nitrogens with zero attached hydrogens (tertiary/aromatic N) is 2. The average molecular weight is 481 g/mol. The van der Waals surface area contributed by atoms with E-state index in [1.807, 2.05) is 12.1 Å². The molecule has 9 heteroatoms. The molecule has 174 valence electrons. The monoisotopic (exact) mass is 480 g/mol. The molecule has 4 amide bonds. The number of urea groups is 1. The highest BCUT2D eigenvalue weighted by molar-refractivity contribution is 6.30. The van der Waals surface area contributed by atoms with Gasteiger partial charge in [-0.2, -0.15) is 0 Å². The van der Waals surface area contributed by atoms with Gasteiger partial charge in [0.2, 0.25) is 11.8 Å². The van der Waals surface area contributed by atoms with Crippen molar-refractivity contribution in [1.29, 1.82) is 0 Å². The number of hydrogen-bond acceptors (Lipinski definition) is 3. The van der Waals surface area contributed by atoms with Crippen LogP contribution >= 0.6 is 11.6 Å². The molecule has 0 atom stereocenters. The number of hydrogen-bond donors (Lipinski definition) is 2. The second kappa shape index (κ2) is 10.4. The van der Waals surface area contributed by atoms with E-state index in [1.165, 1.54) is 21.9 Å². The molecule has 3 aromatic carbocycles. The van der Waals surface area contributed by atoms with E-state index < -0.39 is 6.03 Å². The van der Waals surface area contributed by atoms with Gasteiger partial charge in [0.05, 0.1) is 11.4 Å². The molecule has 34 heavy (non-hydrogen) atoms. The lowest BCUT2D eigenvalue weighted by molar-refractivity contribution is -0.123. The van der Waals surface area contributed by atoms with E-state index in [1.54, 1.807) is 48.5 Å². The Bertz CT molecular complexity index is 1200. The number of carbonyl (C=O) groups is 3. The van der Waals surface area contributed by atoms with E-state index in [0.29, 0.717) is 22.9 Å². The molecule has 1 aliphatic heterocycles. The first-order valence-corrected chi connectivity index (χ1v) is 11.0. The summed E-state index contributed by atoms with van der Waals surface area (Å²) < 4.78 is 13.1. The van der Waals surface area contributed by atoms with Crippen LogP contribution in [0.15, 0.2) is 72.8 Å². The van der Waals surface area contributed by atoms with Crippen LogP contribution in [0.4, 0.5) is 20.6 Å². The molecule has 1 heterocycles. The van der Waals surface area contributed by atoms with Gasteiger partial charge in [-0.3, -0.25) is 19.4 Å². The predicted octanol–water partition coefficient (Wildman–Crippen LogP) is 3.86. The van der Waals surface area contributed by atoms with Crippen molar-refractivity contribution in [3.8, 4) is 0 Å². The number of fused-ring (bicyclic) bond motifs is 1. The third-order valence-electron chi connectivity index (χ3n) is 5.36. The quantitative estimate of drug-likeness (QED) is 0.562. The first-order chi connectivity index (χ1) is 16.4. The summed E-state index contributed by atoms with van der Waals surface area (Å²) in [4.78, 5) is 41.0. The third kappa shape index (κ3) is 5.52. The van der Waals surface area contributed by atoms with E-state index in [-0.39, 0.29) is 37.3 Å². The standard InChI is InChI=1S/C25H22ClFN4O3/c26-19-9-5-17(6-10-19)13-28-23(32)15-30-21-3-1-2-4-22(21)31(16-24(30)33)25(34)29-14-18-7-11-20(27)12-8-18/h1-12H,13-16H2,(H,28,32)(H,29,34). The largest absolute Gasteiger partial charge is 0.350 e. The van der Waals surface area contributed by atoms with Crippen LogP contribution in [0.2, 0.25) is 5.02 Å². The summed E-state index contributed by atoms with van der Waals surface area (Å²) >= 11 is 5.88. The molecule has 0 aromatic heterocycles. The van der Waals surface area contributed by atoms with Crippen molar-refractivity contribution in [3.05, 3.63) is 94.8 Å². The fourth-order valence-corrected chi connectivity index (χ4v) is 3.72. The number of anilines is 2. The zero-order valence-corrected chi connectivity index (χ0v) is 18.9. The molecule has 0 aliphatic carbocycles. The Balaban J connectivity index is 1.42. The van der Waals surface area contributed by atoms with Crippen molar-refractivity contribution in [2.75, 3.05) is 22.9 Å². The zero-order chi connectivity index (χ0) is 24.1. The number of amides is 4. The van der Waals surface area contributed by atoms with Gasteiger partial charge in [0, 0.05) is 18.1 Å². The molecule has 3 aromatic rings. The summed E-state index contributed by atoms with van der Waals surface area (Å²) in [5.74, 6) is -1.06. The molecule has 0 fully saturated rings. The topological polar surface area (TPSA) is 81.8 Å². The highest BCUT2D eigenvalue weighted by Crippen LogP contribution is 2.33. The number of nitrogens with one attached hydrogen (secondary N) is 2. The van der Waals surface area contributed by atoms with Crippen LogP contribution in [0.3, 0.4) is 0 Å². The van der Waals surface area contributed by atoms with Gasteiger partial charge < -0.3 is 10.6 Å². The maximum atomic E-state index is 13.1. The highest BCUT2D eigenvalue weighted by Gasteiger charge is 2.33. The van der Waals surface area contributed by atoms with Crippen molar-refractivity contribution in [2.45, 2.75) is 13.1 Å². The van der Waals surface area contributed by atoms with E-state index in [0.717, 1.165) is 11.1 Å². The third-order valence-corrected chi connectivity index (χ3v) is 5.62. The normalized spacial score (nSPS) is 12.8. The van der Waals surface area contributed by atoms with Crippen molar-refractivity contribution in [1.82, 2.24) is 10.6 Å². The van der Waals surface area contributed by atoms with Crippen molar-refractivity contribution >= 4 is 40.8 Å². The lowest BCUT2D eigenvalue weighted by Crippen LogP contribution is -2.53. The molecular weight excluding hydrogens is 459 g/mol. The molecule has 1 aliphatic rings. The minimum atomic E-state index is -0.461. The molecule has 0 radical (unpaired) electrons. The summed E-state index contributed by atoms with van der Waals surface area (Å²) in [6.45, 7) is 0.103. The Kier molecular flexibility index (Phi) is 7.08. The van der Waals surface area contributed by atoms with Crippen molar-refractivity contribution in [3.63, 3.8) is 0 Å². The second-order valence-electron chi connectivity index (χ2n) is 7.74. The molecule has 0 saturated heterocycles. The maximum absolute atomic E-state index is 13.1. The first kappa shape index (κ1) is 23.3. The van der Waals surface area contributed by atoms with Crippen LogP contribution in [-0.4, -0.2) is 30.9 Å². The van der Waals surface area contributed by atoms with Gasteiger partial charge >= 0.3 is 6.03 Å². The van der Waals surface area contributed by atoms with Gasteiger partial charge in [-0.05, 0) is 47.5 Å². The number of halogens is 2. The molecule has 0 saturated carbocycles. The van der Waals surface area contributed by atoms with Crippen LogP contribution in [0.1, 0.15) is 11.1 Å². The lowest BCUT2D eigenvalue weighted by atomic mass is 10.1. The Labute approximate surface area is 201 Å². The second-order valence-corrected chi connectivity index (χ2v) is 8.18. The summed E-state index contributed by atoms with van der Waals surface area (Å²) in [6.07, 6.45) is 0. The average Bonchev–Trinajstić information content (AvgIpc) is 2.84. The summed E-state index contributed by atoms with van der Waals surface area (Å²) in [5, 5.41) is 6.16. The summed E-state index contributed by atoms with van der Waals surface area (Å²) in [7, 11) is 0. The number of rotatable bonds is 6. The smallest absolute Gasteiger partial charge is 0.322 e. The first-order valence-electron chi connectivity index (χ1n) is 10.6. The number of benzene rings is 3. The van der Waals surface area contributed by atoms with Gasteiger partial charge in [0.15, 0.2) is 0 Å². The molecular formula is C25H22ClFN4O3. The lowest BCUT2D eigenvalue weighted by Gasteiger charge is -2.35. The SMILES string of the molecule is O=C(CN1C(=O)CN(C(=O)NCc2ccc(F)cc2)c2ccccc21)NCc1ccc(Cl)cc1. The molecule has 7 nitrogen and oxygen atoms in total. The molecule has 0 unspecified atom stereocenters. The Morgan fingerprint density at radius 2 is 1.44 bits per heavy atom. The zero-order valence-electron chi connectivity index (χ0n) is 18.1. The van der Waals surface area contributed by atoms with Crippen LogP contribution in [0.5, 0.6) is 0 Å². The van der Waals surface area contributed by atoms with Gasteiger partial charge in [-0.25, -0.2) is 9.18 Å². The molecule has 0 spiro atoms. The fraction of sp³-hybridized carbons (Fsp3) is 0.160. The van der Waals surface area contributed by atoms with Gasteiger partial charge in [-0.15, -0.1) is 0 Å². The van der Waals surface area contributed by atoms with Gasteiger partial charge in [0.1, 0.15) is 18.9 Å². The minimum absolute atomic E-state index is 0.172. The van der Waals surface area contributed by atoms with Gasteiger partial charge in [0.25, 0.3) is 0 Å². The Hall–Kier alpha value is -3.91. The minimum Gasteiger partial charge on any atom is -0.350 e. The van der Waals surface area contributed by atoms with E-state index in [4.69, 9.17) is 11.6 Å². The fourth-order valence-electron chi connectivity index (χ4n) is 3.59. The number of para-hydroxylation sites is 2. The van der Waals surface area contributed by atoms with Crippen LogP contribution in [0.25, 0.3) is 0 Å². The summed E-state index contributed by atoms with van der Waals surface area (Å²) in [5.41, 5.74) is 2.60. The molecule has 0 bridgehead atoms. The van der Waals surface area contributed by atoms with Crippen molar-refractivity contribution in [2.24, 2.45) is 0 Å². The molecule has 4 rings (SSSR count). The van der Waals surface area contributed by atoms with Gasteiger partial charge in [-0.1, -0.05) is 48.0 Å². The van der Waals surface area contributed by atoms with Crippen molar-refractivity contribution < 1.29 is 18.8 Å². The predicted molar refractivity (Wildman–Crippen MR) is 128 cm³/mol. The Morgan fingerprint density at radius 1 is 0.853 bits per heavy atom. The Morgan fingerprint density at radius 3 is 2.12 bits per heavy atom.